The molecule has 5 heteroatoms. The fourth-order valence-corrected chi connectivity index (χ4v) is 2.44. The molecule has 0 fully saturated rings. The summed E-state index contributed by atoms with van der Waals surface area (Å²) in [6, 6.07) is 11.8. The third-order valence-corrected chi connectivity index (χ3v) is 3.57. The molecule has 0 saturated carbocycles. The summed E-state index contributed by atoms with van der Waals surface area (Å²) in [7, 11) is 1.93. The number of carbonyl (C=O) groups is 1. The number of nitrogens with two attached hydrogens (primary N) is 1. The van der Waals surface area contributed by atoms with Crippen LogP contribution >= 0.6 is 0 Å². The Balaban J connectivity index is 1.72. The van der Waals surface area contributed by atoms with Crippen molar-refractivity contribution in [1.29, 1.82) is 0 Å². The van der Waals surface area contributed by atoms with Crippen molar-refractivity contribution in [3.63, 3.8) is 0 Å². The van der Waals surface area contributed by atoms with Crippen LogP contribution in [0, 0.1) is 0 Å². The summed E-state index contributed by atoms with van der Waals surface area (Å²) >= 11 is 0. The molecule has 1 aliphatic heterocycles. The normalized spacial score (nSPS) is 13.4. The van der Waals surface area contributed by atoms with Gasteiger partial charge in [0.15, 0.2) is 0 Å². The largest absolute Gasteiger partial charge is 0.354 e. The van der Waals surface area contributed by atoms with Gasteiger partial charge in [-0.15, -0.1) is 0 Å². The minimum atomic E-state index is -0.0671. The van der Waals surface area contributed by atoms with Crippen molar-refractivity contribution in [3.05, 3.63) is 59.4 Å². The summed E-state index contributed by atoms with van der Waals surface area (Å²) in [5.41, 5.74) is 12.0. The lowest BCUT2D eigenvalue weighted by Crippen LogP contribution is -2.39. The van der Waals surface area contributed by atoms with Crippen molar-refractivity contribution in [2.75, 3.05) is 0 Å². The molecule has 2 heterocycles. The number of amidine groups is 1. The topological polar surface area (TPSA) is 63.1 Å². The Morgan fingerprint density at radius 3 is 2.85 bits per heavy atom. The van der Waals surface area contributed by atoms with E-state index < -0.39 is 0 Å². The highest BCUT2D eigenvalue weighted by Gasteiger charge is 2.25. The van der Waals surface area contributed by atoms with Crippen LogP contribution in [0.2, 0.25) is 0 Å². The van der Waals surface area contributed by atoms with Crippen molar-refractivity contribution in [2.24, 2.45) is 12.8 Å². The van der Waals surface area contributed by atoms with E-state index >= 15 is 0 Å². The highest BCUT2D eigenvalue weighted by molar-refractivity contribution is 5.96. The summed E-state index contributed by atoms with van der Waals surface area (Å²) in [6.45, 7) is 0.612. The Kier molecular flexibility index (Phi) is 3.02. The summed E-state index contributed by atoms with van der Waals surface area (Å²) in [5, 5.41) is 0. The number of carbonyl (C=O) groups excluding carboxylic acids is 1. The molecule has 1 aliphatic rings. The molecular formula is C15H17N4O+. The van der Waals surface area contributed by atoms with Crippen LogP contribution in [-0.4, -0.2) is 21.0 Å². The Morgan fingerprint density at radius 1 is 1.35 bits per heavy atom. The van der Waals surface area contributed by atoms with Gasteiger partial charge in [-0.05, 0) is 18.2 Å². The number of hydrogen-bond acceptors (Lipinski definition) is 2. The first-order chi connectivity index (χ1) is 9.65. The van der Waals surface area contributed by atoms with Gasteiger partial charge in [0.1, 0.15) is 6.54 Å². The van der Waals surface area contributed by atoms with Gasteiger partial charge in [0.2, 0.25) is 0 Å². The van der Waals surface area contributed by atoms with Crippen molar-refractivity contribution >= 4 is 11.7 Å². The molecule has 3 rings (SSSR count). The van der Waals surface area contributed by atoms with Crippen molar-refractivity contribution in [3.8, 4) is 0 Å². The van der Waals surface area contributed by atoms with E-state index in [0.717, 1.165) is 16.8 Å². The number of hydrogen-bond donors (Lipinski definition) is 2. The van der Waals surface area contributed by atoms with Crippen molar-refractivity contribution in [1.82, 2.24) is 9.99 Å². The Labute approximate surface area is 117 Å². The molecule has 102 valence electrons. The van der Waals surface area contributed by atoms with E-state index in [2.05, 4.69) is 5.43 Å². The fraction of sp³-hybridized carbons (Fsp3) is 0.200. The number of aromatic nitrogens is 1. The lowest BCUT2D eigenvalue weighted by Gasteiger charge is -2.06. The van der Waals surface area contributed by atoms with E-state index in [9.17, 15) is 4.79 Å². The molecule has 1 aromatic heterocycles. The standard InChI is InChI=1S/C15H16N4O/c1-18-8-4-6-12(18)9-14(20)17-19-10-11-5-2-3-7-13(11)15(19)16/h2-8,16H,9-10H2,1H3,(H,17,20)/p+1. The molecule has 0 atom stereocenters. The second kappa shape index (κ2) is 4.85. The number of hydrazine groups is 1. The Bertz CT molecular complexity index is 699. The number of amides is 1. The monoisotopic (exact) mass is 269 g/mol. The smallest absolute Gasteiger partial charge is 0.299 e. The lowest BCUT2D eigenvalue weighted by molar-refractivity contribution is -0.585. The summed E-state index contributed by atoms with van der Waals surface area (Å²) in [5.74, 6) is 0.531. The molecule has 0 bridgehead atoms. The van der Waals surface area contributed by atoms with Crippen molar-refractivity contribution in [2.45, 2.75) is 13.0 Å². The zero-order valence-corrected chi connectivity index (χ0v) is 11.3. The third-order valence-electron chi connectivity index (χ3n) is 3.57. The average Bonchev–Trinajstić information content (AvgIpc) is 2.96. The molecule has 3 N–H and O–H groups in total. The van der Waals surface area contributed by atoms with Gasteiger partial charge in [-0.2, -0.15) is 10.1 Å². The van der Waals surface area contributed by atoms with Gasteiger partial charge in [-0.25, -0.2) is 0 Å². The van der Waals surface area contributed by atoms with Crippen LogP contribution in [0.4, 0.5) is 0 Å². The highest BCUT2D eigenvalue weighted by Crippen LogP contribution is 2.14. The molecular weight excluding hydrogens is 252 g/mol. The Hall–Kier alpha value is -2.56. The maximum Gasteiger partial charge on any atom is 0.299 e. The van der Waals surface area contributed by atoms with E-state index in [1.54, 1.807) is 4.68 Å². The molecule has 0 aliphatic carbocycles. The summed E-state index contributed by atoms with van der Waals surface area (Å²) in [6.07, 6.45) is 2.26. The summed E-state index contributed by atoms with van der Waals surface area (Å²) < 4.78 is 3.64. The zero-order chi connectivity index (χ0) is 14.1. The second-order valence-electron chi connectivity index (χ2n) is 4.95. The molecule has 0 saturated heterocycles. The number of hydrazone groups is 1. The first kappa shape index (κ1) is 12.5. The van der Waals surface area contributed by atoms with Crippen molar-refractivity contribution < 1.29 is 9.48 Å². The summed E-state index contributed by atoms with van der Waals surface area (Å²) in [4.78, 5) is 12.1. The molecule has 0 unspecified atom stereocenters. The van der Waals surface area contributed by atoms with Gasteiger partial charge in [0.05, 0.1) is 12.0 Å². The SMILES string of the molecule is Cn1cccc1CC(=O)N[N+]1=C(N)c2ccccc2C1. The van der Waals surface area contributed by atoms with Gasteiger partial charge in [0.25, 0.3) is 11.7 Å². The van der Waals surface area contributed by atoms with E-state index in [0.29, 0.717) is 18.8 Å². The number of aryl methyl sites for hydroxylation is 1. The predicted octanol–water partition coefficient (Wildman–Crippen LogP) is 0.530. The quantitative estimate of drug-likeness (QED) is 0.798. The first-order valence-corrected chi connectivity index (χ1v) is 6.53. The van der Waals surface area contributed by atoms with Crippen LogP contribution in [0.15, 0.2) is 42.6 Å². The highest BCUT2D eigenvalue weighted by atomic mass is 16.2. The number of rotatable bonds is 3. The van der Waals surface area contributed by atoms with E-state index in [4.69, 9.17) is 5.73 Å². The molecule has 5 nitrogen and oxygen atoms in total. The number of fused-ring (bicyclic) bond motifs is 1. The van der Waals surface area contributed by atoms with Gasteiger partial charge in [0, 0.05) is 24.5 Å². The molecule has 1 aromatic carbocycles. The minimum absolute atomic E-state index is 0.0671. The first-order valence-electron chi connectivity index (χ1n) is 6.53. The number of nitrogens with one attached hydrogen (secondary N) is 1. The van der Waals surface area contributed by atoms with Crippen LogP contribution < -0.4 is 11.2 Å². The van der Waals surface area contributed by atoms with Gasteiger partial charge < -0.3 is 4.57 Å². The van der Waals surface area contributed by atoms with Crippen LogP contribution in [0.25, 0.3) is 0 Å². The zero-order valence-electron chi connectivity index (χ0n) is 11.3. The van der Waals surface area contributed by atoms with E-state index in [1.807, 2.05) is 54.2 Å². The van der Waals surface area contributed by atoms with E-state index in [1.165, 1.54) is 0 Å². The van der Waals surface area contributed by atoms with E-state index in [-0.39, 0.29) is 5.91 Å². The number of benzene rings is 1. The predicted molar refractivity (Wildman–Crippen MR) is 76.0 cm³/mol. The average molecular weight is 269 g/mol. The van der Waals surface area contributed by atoms with Gasteiger partial charge in [-0.1, -0.05) is 18.2 Å². The maximum atomic E-state index is 12.1. The van der Waals surface area contributed by atoms with Crippen LogP contribution in [0.1, 0.15) is 16.8 Å². The van der Waals surface area contributed by atoms with Crippen LogP contribution in [0.5, 0.6) is 0 Å². The second-order valence-corrected chi connectivity index (χ2v) is 4.95. The Morgan fingerprint density at radius 2 is 2.15 bits per heavy atom. The fourth-order valence-electron chi connectivity index (χ4n) is 2.44. The van der Waals surface area contributed by atoms with Crippen LogP contribution in [0.3, 0.4) is 0 Å². The van der Waals surface area contributed by atoms with Gasteiger partial charge >= 0.3 is 0 Å². The maximum absolute atomic E-state index is 12.1. The number of nitrogens with zero attached hydrogens (tertiary/aromatic N) is 2. The molecule has 20 heavy (non-hydrogen) atoms. The third kappa shape index (κ3) is 2.18. The molecule has 2 aromatic rings. The molecule has 0 radical (unpaired) electrons. The van der Waals surface area contributed by atoms with Crippen LogP contribution in [-0.2, 0) is 24.8 Å². The van der Waals surface area contributed by atoms with Gasteiger partial charge in [-0.3, -0.25) is 10.5 Å². The lowest BCUT2D eigenvalue weighted by atomic mass is 10.1. The minimum Gasteiger partial charge on any atom is -0.354 e. The molecule has 1 amide bonds. The molecule has 0 spiro atoms.